The summed E-state index contributed by atoms with van der Waals surface area (Å²) < 4.78 is 0. The Morgan fingerprint density at radius 2 is 1.90 bits per heavy atom. The van der Waals surface area contributed by atoms with Crippen LogP contribution in [0.15, 0.2) is 0 Å². The average Bonchev–Trinajstić information content (AvgIpc) is 2.72. The van der Waals surface area contributed by atoms with Crippen molar-refractivity contribution < 1.29 is 4.79 Å². The number of thioether (sulfide) groups is 1. The molecule has 0 saturated carbocycles. The Balaban J connectivity index is 0.00000147. The van der Waals surface area contributed by atoms with E-state index >= 15 is 0 Å². The number of halogens is 1. The predicted molar refractivity (Wildman–Crippen MR) is 87.6 cm³/mol. The van der Waals surface area contributed by atoms with Crippen molar-refractivity contribution >= 4 is 30.1 Å². The molecule has 0 spiro atoms. The van der Waals surface area contributed by atoms with Crippen LogP contribution in [0.4, 0.5) is 0 Å². The lowest BCUT2D eigenvalue weighted by molar-refractivity contribution is -0.134. The molecule has 0 aromatic carbocycles. The zero-order valence-corrected chi connectivity index (χ0v) is 14.1. The molecule has 4 atom stereocenters. The molecule has 5 heteroatoms. The number of rotatable bonds is 2. The highest BCUT2D eigenvalue weighted by molar-refractivity contribution is 8.00. The zero-order valence-electron chi connectivity index (χ0n) is 12.5. The Morgan fingerprint density at radius 3 is 2.55 bits per heavy atom. The number of nitrogens with one attached hydrogen (secondary N) is 1. The Morgan fingerprint density at radius 1 is 1.25 bits per heavy atom. The number of carbonyl (C=O) groups is 1. The minimum absolute atomic E-state index is 0. The first-order chi connectivity index (χ1) is 9.13. The van der Waals surface area contributed by atoms with Gasteiger partial charge in [-0.15, -0.1) is 12.4 Å². The maximum absolute atomic E-state index is 12.6. The Bertz CT molecular complexity index is 343. The summed E-state index contributed by atoms with van der Waals surface area (Å²) in [4.78, 5) is 14.7. The summed E-state index contributed by atoms with van der Waals surface area (Å²) in [6, 6.07) is 1.80. The van der Waals surface area contributed by atoms with Gasteiger partial charge in [-0.25, -0.2) is 0 Å². The summed E-state index contributed by atoms with van der Waals surface area (Å²) in [5.41, 5.74) is 0. The van der Waals surface area contributed by atoms with Gasteiger partial charge in [0.25, 0.3) is 0 Å². The molecule has 0 aromatic heterocycles. The molecule has 0 aromatic rings. The maximum Gasteiger partial charge on any atom is 0.223 e. The molecule has 1 amide bonds. The third-order valence-corrected chi connectivity index (χ3v) is 6.58. The smallest absolute Gasteiger partial charge is 0.223 e. The molecule has 3 saturated heterocycles. The van der Waals surface area contributed by atoms with Gasteiger partial charge in [0.1, 0.15) is 0 Å². The number of piperidine rings is 1. The highest BCUT2D eigenvalue weighted by atomic mass is 35.5. The van der Waals surface area contributed by atoms with Crippen molar-refractivity contribution in [3.05, 3.63) is 0 Å². The molecular formula is C15H27ClN2OS. The number of carbonyl (C=O) groups excluding carboxylic acids is 1. The molecule has 20 heavy (non-hydrogen) atoms. The van der Waals surface area contributed by atoms with E-state index in [0.717, 1.165) is 18.7 Å². The topological polar surface area (TPSA) is 32.3 Å². The lowest BCUT2D eigenvalue weighted by atomic mass is 9.89. The number of hydrogen-bond acceptors (Lipinski definition) is 3. The number of hydrogen-bond donors (Lipinski definition) is 1. The maximum atomic E-state index is 12.6. The van der Waals surface area contributed by atoms with E-state index in [1.54, 1.807) is 0 Å². The minimum atomic E-state index is 0. The molecule has 3 heterocycles. The fraction of sp³-hybridized carbons (Fsp3) is 0.933. The van der Waals surface area contributed by atoms with Crippen LogP contribution in [0.5, 0.6) is 0 Å². The van der Waals surface area contributed by atoms with Crippen molar-refractivity contribution in [1.29, 1.82) is 0 Å². The van der Waals surface area contributed by atoms with E-state index in [9.17, 15) is 4.79 Å². The lowest BCUT2D eigenvalue weighted by Crippen LogP contribution is -2.49. The standard InChI is InChI=1S/C15H26N2OS.ClH/c1-10-11(2)19-6-5-17(10)15(18)9-12-7-13-3-4-14(8-12)16-13;/h10-14,16H,3-9H2,1-2H3;1H. The molecule has 0 aliphatic carbocycles. The van der Waals surface area contributed by atoms with Gasteiger partial charge in [0.2, 0.25) is 5.91 Å². The molecule has 1 N–H and O–H groups in total. The van der Waals surface area contributed by atoms with Crippen LogP contribution in [0.25, 0.3) is 0 Å². The van der Waals surface area contributed by atoms with Crippen LogP contribution >= 0.6 is 24.2 Å². The summed E-state index contributed by atoms with van der Waals surface area (Å²) in [5.74, 6) is 2.14. The van der Waals surface area contributed by atoms with Gasteiger partial charge in [-0.05, 0) is 38.5 Å². The van der Waals surface area contributed by atoms with Crippen LogP contribution in [0.3, 0.4) is 0 Å². The summed E-state index contributed by atoms with van der Waals surface area (Å²) in [7, 11) is 0. The molecule has 3 fully saturated rings. The van der Waals surface area contributed by atoms with E-state index in [-0.39, 0.29) is 12.4 Å². The monoisotopic (exact) mass is 318 g/mol. The molecule has 3 aliphatic heterocycles. The zero-order chi connectivity index (χ0) is 13.4. The van der Waals surface area contributed by atoms with Gasteiger partial charge in [-0.3, -0.25) is 4.79 Å². The third kappa shape index (κ3) is 3.45. The minimum Gasteiger partial charge on any atom is -0.338 e. The van der Waals surface area contributed by atoms with Crippen LogP contribution in [-0.4, -0.2) is 46.5 Å². The molecule has 3 rings (SSSR count). The molecular weight excluding hydrogens is 292 g/mol. The van der Waals surface area contributed by atoms with Crippen molar-refractivity contribution in [2.24, 2.45) is 5.92 Å². The molecule has 4 unspecified atom stereocenters. The predicted octanol–water partition coefficient (Wildman–Crippen LogP) is 2.68. The van der Waals surface area contributed by atoms with Crippen LogP contribution in [-0.2, 0) is 4.79 Å². The Hall–Kier alpha value is 0.0700. The van der Waals surface area contributed by atoms with Gasteiger partial charge in [0.05, 0.1) is 0 Å². The van der Waals surface area contributed by atoms with Gasteiger partial charge in [0.15, 0.2) is 0 Å². The number of amides is 1. The van der Waals surface area contributed by atoms with Crippen LogP contribution in [0, 0.1) is 5.92 Å². The van der Waals surface area contributed by atoms with Crippen molar-refractivity contribution in [1.82, 2.24) is 10.2 Å². The van der Waals surface area contributed by atoms with E-state index in [1.165, 1.54) is 25.7 Å². The van der Waals surface area contributed by atoms with Crippen LogP contribution < -0.4 is 5.32 Å². The van der Waals surface area contributed by atoms with Crippen LogP contribution in [0.2, 0.25) is 0 Å². The van der Waals surface area contributed by atoms with E-state index in [0.29, 0.717) is 35.2 Å². The summed E-state index contributed by atoms with van der Waals surface area (Å²) in [5, 5.41) is 4.25. The summed E-state index contributed by atoms with van der Waals surface area (Å²) in [6.07, 6.45) is 5.87. The van der Waals surface area contributed by atoms with Crippen molar-refractivity contribution in [2.75, 3.05) is 12.3 Å². The van der Waals surface area contributed by atoms with Crippen LogP contribution in [0.1, 0.15) is 46.0 Å². The largest absolute Gasteiger partial charge is 0.338 e. The summed E-state index contributed by atoms with van der Waals surface area (Å²) >= 11 is 2.00. The van der Waals surface area contributed by atoms with E-state index < -0.39 is 0 Å². The average molecular weight is 319 g/mol. The molecule has 116 valence electrons. The van der Waals surface area contributed by atoms with Crippen molar-refractivity contribution in [2.45, 2.75) is 69.3 Å². The highest BCUT2D eigenvalue weighted by Gasteiger charge is 2.36. The van der Waals surface area contributed by atoms with Crippen molar-refractivity contribution in [3.63, 3.8) is 0 Å². The normalized spacial score (nSPS) is 40.3. The van der Waals surface area contributed by atoms with E-state index in [4.69, 9.17) is 0 Å². The van der Waals surface area contributed by atoms with Gasteiger partial charge in [0, 0.05) is 42.1 Å². The number of fused-ring (bicyclic) bond motifs is 2. The second-order valence-electron chi connectivity index (χ2n) is 6.58. The second kappa shape index (κ2) is 6.89. The lowest BCUT2D eigenvalue weighted by Gasteiger charge is -2.39. The van der Waals surface area contributed by atoms with E-state index in [2.05, 4.69) is 24.1 Å². The van der Waals surface area contributed by atoms with Gasteiger partial charge in [-0.1, -0.05) is 6.92 Å². The van der Waals surface area contributed by atoms with Crippen molar-refractivity contribution in [3.8, 4) is 0 Å². The van der Waals surface area contributed by atoms with Gasteiger partial charge >= 0.3 is 0 Å². The van der Waals surface area contributed by atoms with Gasteiger partial charge in [-0.2, -0.15) is 11.8 Å². The SMILES string of the molecule is CC1SCCN(C(=O)CC2CC3CCC(C2)N3)C1C.Cl. The van der Waals surface area contributed by atoms with E-state index in [1.807, 2.05) is 11.8 Å². The first-order valence-corrected chi connectivity index (χ1v) is 8.85. The Kier molecular flexibility index (Phi) is 5.66. The second-order valence-corrected chi connectivity index (χ2v) is 8.07. The third-order valence-electron chi connectivity index (χ3n) is 5.24. The number of nitrogens with zero attached hydrogens (tertiary/aromatic N) is 1. The Labute approximate surface area is 133 Å². The quantitative estimate of drug-likeness (QED) is 0.849. The molecule has 0 radical (unpaired) electrons. The molecule has 3 aliphatic rings. The molecule has 3 nitrogen and oxygen atoms in total. The fourth-order valence-corrected chi connectivity index (χ4v) is 5.09. The first kappa shape index (κ1) is 16.4. The first-order valence-electron chi connectivity index (χ1n) is 7.80. The summed E-state index contributed by atoms with van der Waals surface area (Å²) in [6.45, 7) is 5.41. The fourth-order valence-electron chi connectivity index (χ4n) is 3.99. The highest BCUT2D eigenvalue weighted by Crippen LogP contribution is 2.34. The van der Waals surface area contributed by atoms with Gasteiger partial charge < -0.3 is 10.2 Å². The molecule has 2 bridgehead atoms.